The number of nitrogens with zero attached hydrogens (tertiary/aromatic N) is 1. The van der Waals surface area contributed by atoms with E-state index < -0.39 is 17.9 Å². The van der Waals surface area contributed by atoms with Crippen LogP contribution < -0.4 is 5.73 Å². The highest BCUT2D eigenvalue weighted by molar-refractivity contribution is 5.82. The average Bonchev–Trinajstić information content (AvgIpc) is 3.08. The molecule has 0 saturated heterocycles. The van der Waals surface area contributed by atoms with Crippen LogP contribution in [0.15, 0.2) is 0 Å². The van der Waals surface area contributed by atoms with Gasteiger partial charge in [0.1, 0.15) is 0 Å². The Balaban J connectivity index is 2.46. The smallest absolute Gasteiger partial charge is 0.308 e. The molecule has 0 aliphatic heterocycles. The summed E-state index contributed by atoms with van der Waals surface area (Å²) in [6, 6.07) is -0.469. The van der Waals surface area contributed by atoms with Crippen LogP contribution in [0.25, 0.3) is 0 Å². The number of hydrogen-bond donors (Lipinski definition) is 2. The van der Waals surface area contributed by atoms with Gasteiger partial charge in [-0.2, -0.15) is 0 Å². The number of carboxylic acid groups (broad SMARTS) is 1. The summed E-state index contributed by atoms with van der Waals surface area (Å²) in [6.07, 6.45) is 3.06. The van der Waals surface area contributed by atoms with Gasteiger partial charge >= 0.3 is 5.97 Å². The summed E-state index contributed by atoms with van der Waals surface area (Å²) < 4.78 is 0. The van der Waals surface area contributed by atoms with E-state index in [1.807, 2.05) is 6.92 Å². The molecule has 0 aromatic carbocycles. The molecule has 1 unspecified atom stereocenters. The molecule has 5 nitrogen and oxygen atoms in total. The Morgan fingerprint density at radius 1 is 1.47 bits per heavy atom. The van der Waals surface area contributed by atoms with Crippen molar-refractivity contribution in [1.82, 2.24) is 4.90 Å². The Hall–Kier alpha value is -1.10. The van der Waals surface area contributed by atoms with Crippen molar-refractivity contribution in [3.05, 3.63) is 0 Å². The molecule has 1 aliphatic carbocycles. The summed E-state index contributed by atoms with van der Waals surface area (Å²) in [4.78, 5) is 24.3. The molecule has 1 saturated carbocycles. The summed E-state index contributed by atoms with van der Waals surface area (Å²) in [6.45, 7) is 4.19. The lowest BCUT2D eigenvalue weighted by Crippen LogP contribution is -2.46. The van der Waals surface area contributed by atoms with Gasteiger partial charge in [-0.05, 0) is 19.3 Å². The van der Waals surface area contributed by atoms with E-state index in [1.54, 1.807) is 11.8 Å². The molecule has 2 atom stereocenters. The van der Waals surface area contributed by atoms with Crippen LogP contribution in [0.3, 0.4) is 0 Å². The van der Waals surface area contributed by atoms with Crippen molar-refractivity contribution >= 4 is 11.9 Å². The third-order valence-electron chi connectivity index (χ3n) is 3.21. The fourth-order valence-electron chi connectivity index (χ4n) is 1.83. The number of carbonyl (C=O) groups excluding carboxylic acids is 1. The van der Waals surface area contributed by atoms with Gasteiger partial charge in [-0.15, -0.1) is 0 Å². The minimum atomic E-state index is -0.882. The number of amides is 1. The highest BCUT2D eigenvalue weighted by Gasteiger charge is 2.29. The Morgan fingerprint density at radius 2 is 2.06 bits per heavy atom. The van der Waals surface area contributed by atoms with Crippen LogP contribution in [-0.2, 0) is 9.59 Å². The fourth-order valence-corrected chi connectivity index (χ4v) is 1.83. The Kier molecular flexibility index (Phi) is 4.93. The molecule has 0 heterocycles. The van der Waals surface area contributed by atoms with Crippen molar-refractivity contribution in [3.63, 3.8) is 0 Å². The maximum atomic E-state index is 12.0. The lowest BCUT2D eigenvalue weighted by atomic mass is 10.1. The van der Waals surface area contributed by atoms with Crippen LogP contribution in [0, 0.1) is 11.8 Å². The highest BCUT2D eigenvalue weighted by Crippen LogP contribution is 2.33. The van der Waals surface area contributed by atoms with Gasteiger partial charge in [0.2, 0.25) is 5.91 Å². The van der Waals surface area contributed by atoms with Crippen LogP contribution in [0.4, 0.5) is 0 Å². The van der Waals surface area contributed by atoms with Gasteiger partial charge in [-0.1, -0.05) is 19.8 Å². The standard InChI is InChI=1S/C12H22N2O3/c1-3-14(7-8(2)12(16)17)11(15)10(13)6-9-4-5-9/h8-10H,3-7,13H2,1-2H3,(H,16,17)/t8?,10-/m0/s1. The topological polar surface area (TPSA) is 83.6 Å². The van der Waals surface area contributed by atoms with E-state index >= 15 is 0 Å². The lowest BCUT2D eigenvalue weighted by Gasteiger charge is -2.25. The Bertz CT molecular complexity index is 289. The summed E-state index contributed by atoms with van der Waals surface area (Å²) in [7, 11) is 0. The van der Waals surface area contributed by atoms with E-state index in [0.717, 1.165) is 6.42 Å². The van der Waals surface area contributed by atoms with Crippen LogP contribution in [0.5, 0.6) is 0 Å². The molecule has 1 amide bonds. The second-order valence-electron chi connectivity index (χ2n) is 4.90. The Labute approximate surface area is 102 Å². The molecule has 3 N–H and O–H groups in total. The van der Waals surface area contributed by atoms with Crippen molar-refractivity contribution in [2.45, 2.75) is 39.2 Å². The van der Waals surface area contributed by atoms with Gasteiger partial charge in [0.25, 0.3) is 0 Å². The zero-order valence-corrected chi connectivity index (χ0v) is 10.6. The van der Waals surface area contributed by atoms with E-state index in [4.69, 9.17) is 10.8 Å². The first-order chi connectivity index (χ1) is 7.95. The molecule has 0 radical (unpaired) electrons. The molecule has 17 heavy (non-hydrogen) atoms. The van der Waals surface area contributed by atoms with E-state index in [9.17, 15) is 9.59 Å². The zero-order valence-electron chi connectivity index (χ0n) is 10.6. The van der Waals surface area contributed by atoms with Crippen molar-refractivity contribution < 1.29 is 14.7 Å². The molecule has 0 bridgehead atoms. The maximum Gasteiger partial charge on any atom is 0.308 e. The number of rotatable bonds is 7. The normalized spacial score (nSPS) is 18.5. The first-order valence-corrected chi connectivity index (χ1v) is 6.22. The Morgan fingerprint density at radius 3 is 2.47 bits per heavy atom. The minimum absolute atomic E-state index is 0.118. The van der Waals surface area contributed by atoms with Gasteiger partial charge in [0, 0.05) is 13.1 Å². The van der Waals surface area contributed by atoms with Crippen LogP contribution in [0.1, 0.15) is 33.1 Å². The molecular weight excluding hydrogens is 220 g/mol. The van der Waals surface area contributed by atoms with Gasteiger partial charge in [0.05, 0.1) is 12.0 Å². The molecule has 1 aliphatic rings. The first kappa shape index (κ1) is 14.0. The van der Waals surface area contributed by atoms with E-state index in [2.05, 4.69) is 0 Å². The molecule has 0 spiro atoms. The van der Waals surface area contributed by atoms with Crippen molar-refractivity contribution in [1.29, 1.82) is 0 Å². The third kappa shape index (κ3) is 4.34. The predicted octanol–water partition coefficient (Wildman–Crippen LogP) is 0.683. The minimum Gasteiger partial charge on any atom is -0.481 e. The quantitative estimate of drug-likeness (QED) is 0.687. The summed E-state index contributed by atoms with van der Waals surface area (Å²) in [5.74, 6) is -0.948. The molecule has 0 aromatic heterocycles. The zero-order chi connectivity index (χ0) is 13.0. The van der Waals surface area contributed by atoms with Crippen molar-refractivity contribution in [3.8, 4) is 0 Å². The van der Waals surface area contributed by atoms with Gasteiger partial charge < -0.3 is 15.7 Å². The van der Waals surface area contributed by atoms with Gasteiger partial charge in [-0.25, -0.2) is 0 Å². The van der Waals surface area contributed by atoms with Crippen LogP contribution >= 0.6 is 0 Å². The molecule has 1 rings (SSSR count). The average molecular weight is 242 g/mol. The molecule has 0 aromatic rings. The third-order valence-corrected chi connectivity index (χ3v) is 3.21. The largest absolute Gasteiger partial charge is 0.481 e. The predicted molar refractivity (Wildman–Crippen MR) is 64.4 cm³/mol. The van der Waals surface area contributed by atoms with Crippen LogP contribution in [-0.4, -0.2) is 41.0 Å². The number of nitrogens with two attached hydrogens (primary N) is 1. The van der Waals surface area contributed by atoms with E-state index in [0.29, 0.717) is 12.5 Å². The molecule has 5 heteroatoms. The lowest BCUT2D eigenvalue weighted by molar-refractivity contribution is -0.143. The van der Waals surface area contributed by atoms with Gasteiger partial charge in [-0.3, -0.25) is 9.59 Å². The number of carboxylic acids is 1. The van der Waals surface area contributed by atoms with E-state index in [-0.39, 0.29) is 12.5 Å². The monoisotopic (exact) mass is 242 g/mol. The second-order valence-corrected chi connectivity index (χ2v) is 4.90. The fraction of sp³-hybridized carbons (Fsp3) is 0.833. The maximum absolute atomic E-state index is 12.0. The van der Waals surface area contributed by atoms with E-state index in [1.165, 1.54) is 12.8 Å². The van der Waals surface area contributed by atoms with Crippen molar-refractivity contribution in [2.24, 2.45) is 17.6 Å². The summed E-state index contributed by atoms with van der Waals surface area (Å²) in [5.41, 5.74) is 5.85. The first-order valence-electron chi connectivity index (χ1n) is 6.22. The second kappa shape index (κ2) is 6.00. The number of aliphatic carboxylic acids is 1. The van der Waals surface area contributed by atoms with Crippen LogP contribution in [0.2, 0.25) is 0 Å². The molecule has 1 fully saturated rings. The molecule has 98 valence electrons. The molecular formula is C12H22N2O3. The summed E-state index contributed by atoms with van der Waals surface area (Å²) >= 11 is 0. The highest BCUT2D eigenvalue weighted by atomic mass is 16.4. The summed E-state index contributed by atoms with van der Waals surface area (Å²) in [5, 5.41) is 8.83. The number of carbonyl (C=O) groups is 2. The number of likely N-dealkylation sites (N-methyl/N-ethyl adjacent to an activating group) is 1. The van der Waals surface area contributed by atoms with Crippen molar-refractivity contribution in [2.75, 3.05) is 13.1 Å². The SMILES string of the molecule is CCN(CC(C)C(=O)O)C(=O)[C@@H](N)CC1CC1. The van der Waals surface area contributed by atoms with Gasteiger partial charge in [0.15, 0.2) is 0 Å². The number of hydrogen-bond acceptors (Lipinski definition) is 3.